The highest BCUT2D eigenvalue weighted by molar-refractivity contribution is 5.92. The summed E-state index contributed by atoms with van der Waals surface area (Å²) in [6, 6.07) is 6.99. The van der Waals surface area contributed by atoms with Crippen LogP contribution >= 0.6 is 0 Å². The minimum absolute atomic E-state index is 0.0121. The third kappa shape index (κ3) is 4.13. The van der Waals surface area contributed by atoms with Crippen molar-refractivity contribution in [1.82, 2.24) is 24.6 Å². The van der Waals surface area contributed by atoms with Crippen LogP contribution in [-0.2, 0) is 11.3 Å². The molecular formula is C20H23F2N5O2. The van der Waals surface area contributed by atoms with E-state index >= 15 is 0 Å². The smallest absolute Gasteiger partial charge is 0.333 e. The highest BCUT2D eigenvalue weighted by Gasteiger charge is 2.42. The molecule has 7 nitrogen and oxygen atoms in total. The molecule has 2 aliphatic heterocycles. The number of aromatic nitrogens is 3. The second-order valence-corrected chi connectivity index (χ2v) is 7.82. The molecule has 2 amide bonds. The molecule has 2 aliphatic rings. The maximum atomic E-state index is 12.7. The molecule has 0 aromatic carbocycles. The van der Waals surface area contributed by atoms with Crippen molar-refractivity contribution in [2.45, 2.75) is 38.8 Å². The number of carbonyl (C=O) groups is 2. The second kappa shape index (κ2) is 7.88. The number of alkyl halides is 2. The number of hydrogen-bond donors (Lipinski definition) is 0. The molecule has 29 heavy (non-hydrogen) atoms. The number of nitrogens with zero attached hydrogens (tertiary/aromatic N) is 5. The van der Waals surface area contributed by atoms with Crippen LogP contribution in [0.25, 0.3) is 0 Å². The van der Waals surface area contributed by atoms with E-state index in [0.717, 1.165) is 31.2 Å². The van der Waals surface area contributed by atoms with Gasteiger partial charge in [-0.1, -0.05) is 6.07 Å². The maximum absolute atomic E-state index is 12.7. The molecule has 0 saturated carbocycles. The first-order chi connectivity index (χ1) is 14.0. The zero-order valence-corrected chi connectivity index (χ0v) is 16.0. The predicted octanol–water partition coefficient (Wildman–Crippen LogP) is 2.72. The van der Waals surface area contributed by atoms with Crippen molar-refractivity contribution in [3.8, 4) is 0 Å². The molecule has 0 atom stereocenters. The summed E-state index contributed by atoms with van der Waals surface area (Å²) >= 11 is 0. The molecule has 2 fully saturated rings. The van der Waals surface area contributed by atoms with Gasteiger partial charge in [0, 0.05) is 38.4 Å². The minimum Gasteiger partial charge on any atom is -0.337 e. The van der Waals surface area contributed by atoms with E-state index in [1.165, 1.54) is 6.07 Å². The number of halogens is 2. The lowest BCUT2D eigenvalue weighted by Gasteiger charge is -2.47. The van der Waals surface area contributed by atoms with Crippen LogP contribution in [0.4, 0.5) is 8.78 Å². The highest BCUT2D eigenvalue weighted by Crippen LogP contribution is 2.40. The molecule has 0 unspecified atom stereocenters. The SMILES string of the molecule is O=C1CCC2(CCN(C(=O)c3ccn(C(F)F)n3)CC2)CN1Cc1ccccn1. The summed E-state index contributed by atoms with van der Waals surface area (Å²) in [6.45, 7) is -0.538. The van der Waals surface area contributed by atoms with Gasteiger partial charge < -0.3 is 9.80 Å². The molecular weight excluding hydrogens is 380 g/mol. The fourth-order valence-electron chi connectivity index (χ4n) is 4.25. The van der Waals surface area contributed by atoms with Crippen molar-refractivity contribution >= 4 is 11.8 Å². The molecule has 0 radical (unpaired) electrons. The Labute approximate surface area is 167 Å². The summed E-state index contributed by atoms with van der Waals surface area (Å²) in [7, 11) is 0. The Balaban J connectivity index is 1.38. The average Bonchev–Trinajstić information content (AvgIpc) is 3.23. The third-order valence-corrected chi connectivity index (χ3v) is 5.97. The van der Waals surface area contributed by atoms with Crippen molar-refractivity contribution in [3.05, 3.63) is 48.0 Å². The van der Waals surface area contributed by atoms with E-state index in [2.05, 4.69) is 10.1 Å². The van der Waals surface area contributed by atoms with Gasteiger partial charge in [-0.15, -0.1) is 0 Å². The van der Waals surface area contributed by atoms with Gasteiger partial charge in [-0.05, 0) is 42.9 Å². The van der Waals surface area contributed by atoms with Crippen LogP contribution in [0.15, 0.2) is 36.7 Å². The number of carbonyl (C=O) groups excluding carboxylic acids is 2. The van der Waals surface area contributed by atoms with Crippen LogP contribution in [0.5, 0.6) is 0 Å². The zero-order valence-electron chi connectivity index (χ0n) is 16.0. The number of amides is 2. The largest absolute Gasteiger partial charge is 0.337 e. The first kappa shape index (κ1) is 19.5. The molecule has 9 heteroatoms. The number of likely N-dealkylation sites (tertiary alicyclic amines) is 2. The Kier molecular flexibility index (Phi) is 5.29. The van der Waals surface area contributed by atoms with Crippen molar-refractivity contribution in [2.75, 3.05) is 19.6 Å². The van der Waals surface area contributed by atoms with Crippen LogP contribution in [0.3, 0.4) is 0 Å². The summed E-state index contributed by atoms with van der Waals surface area (Å²) in [6.07, 6.45) is 5.71. The number of hydrogen-bond acceptors (Lipinski definition) is 4. The van der Waals surface area contributed by atoms with Crippen LogP contribution in [-0.4, -0.2) is 56.0 Å². The van der Waals surface area contributed by atoms with Crippen molar-refractivity contribution in [2.24, 2.45) is 5.41 Å². The van der Waals surface area contributed by atoms with E-state index < -0.39 is 6.55 Å². The third-order valence-electron chi connectivity index (χ3n) is 5.97. The quantitative estimate of drug-likeness (QED) is 0.787. The normalized spacial score (nSPS) is 19.2. The lowest BCUT2D eigenvalue weighted by atomic mass is 9.72. The molecule has 2 aromatic rings. The summed E-state index contributed by atoms with van der Waals surface area (Å²) in [4.78, 5) is 32.9. The molecule has 4 rings (SSSR count). The lowest BCUT2D eigenvalue weighted by Crippen LogP contribution is -2.52. The van der Waals surface area contributed by atoms with Gasteiger partial charge in [0.1, 0.15) is 0 Å². The minimum atomic E-state index is -2.76. The first-order valence-corrected chi connectivity index (χ1v) is 9.76. The van der Waals surface area contributed by atoms with Crippen molar-refractivity contribution in [1.29, 1.82) is 0 Å². The standard InChI is InChI=1S/C20H23F2N5O2/c21-19(22)27-10-5-16(24-27)18(29)25-11-7-20(8-12-25)6-4-17(28)26(14-20)13-15-3-1-2-9-23-15/h1-3,5,9-10,19H,4,6-8,11-14H2. The summed E-state index contributed by atoms with van der Waals surface area (Å²) in [5.74, 6) is -0.186. The molecule has 4 heterocycles. The molecule has 0 N–H and O–H groups in total. The number of rotatable bonds is 4. The van der Waals surface area contributed by atoms with Gasteiger partial charge in [-0.2, -0.15) is 13.9 Å². The van der Waals surface area contributed by atoms with Crippen LogP contribution in [0.1, 0.15) is 48.4 Å². The molecule has 0 aliphatic carbocycles. The van der Waals surface area contributed by atoms with E-state index in [0.29, 0.717) is 37.3 Å². The molecule has 1 spiro atoms. The second-order valence-electron chi connectivity index (χ2n) is 7.82. The molecule has 154 valence electrons. The van der Waals surface area contributed by atoms with Crippen molar-refractivity contribution < 1.29 is 18.4 Å². The van der Waals surface area contributed by atoms with Crippen LogP contribution in [0.2, 0.25) is 0 Å². The number of piperidine rings is 2. The Morgan fingerprint density at radius 3 is 2.62 bits per heavy atom. The van der Waals surface area contributed by atoms with E-state index in [4.69, 9.17) is 0 Å². The summed E-state index contributed by atoms with van der Waals surface area (Å²) in [5.41, 5.74) is 0.888. The van der Waals surface area contributed by atoms with Gasteiger partial charge in [-0.3, -0.25) is 14.6 Å². The van der Waals surface area contributed by atoms with E-state index in [-0.39, 0.29) is 22.9 Å². The van der Waals surface area contributed by atoms with E-state index in [1.807, 2.05) is 23.1 Å². The van der Waals surface area contributed by atoms with Gasteiger partial charge in [0.2, 0.25) is 5.91 Å². The van der Waals surface area contributed by atoms with Crippen LogP contribution in [0, 0.1) is 5.41 Å². The predicted molar refractivity (Wildman–Crippen MR) is 99.9 cm³/mol. The zero-order chi connectivity index (χ0) is 20.4. The van der Waals surface area contributed by atoms with Gasteiger partial charge in [-0.25, -0.2) is 4.68 Å². The Morgan fingerprint density at radius 1 is 1.17 bits per heavy atom. The van der Waals surface area contributed by atoms with Gasteiger partial charge >= 0.3 is 6.55 Å². The summed E-state index contributed by atoms with van der Waals surface area (Å²) < 4.78 is 25.9. The number of pyridine rings is 1. The van der Waals surface area contributed by atoms with Crippen LogP contribution < -0.4 is 0 Å². The van der Waals surface area contributed by atoms with E-state index in [9.17, 15) is 18.4 Å². The Bertz CT molecular complexity index is 878. The Hall–Kier alpha value is -2.84. The van der Waals surface area contributed by atoms with Gasteiger partial charge in [0.25, 0.3) is 5.91 Å². The van der Waals surface area contributed by atoms with Gasteiger partial charge in [0.05, 0.1) is 12.2 Å². The lowest BCUT2D eigenvalue weighted by molar-refractivity contribution is -0.139. The Morgan fingerprint density at radius 2 is 1.97 bits per heavy atom. The summed E-state index contributed by atoms with van der Waals surface area (Å²) in [5, 5.41) is 3.67. The molecule has 2 saturated heterocycles. The maximum Gasteiger partial charge on any atom is 0.333 e. The average molecular weight is 403 g/mol. The van der Waals surface area contributed by atoms with Gasteiger partial charge in [0.15, 0.2) is 5.69 Å². The topological polar surface area (TPSA) is 71.3 Å². The van der Waals surface area contributed by atoms with Crippen molar-refractivity contribution in [3.63, 3.8) is 0 Å². The monoisotopic (exact) mass is 403 g/mol. The molecule has 2 aromatic heterocycles. The first-order valence-electron chi connectivity index (χ1n) is 9.76. The fourth-order valence-corrected chi connectivity index (χ4v) is 4.25. The fraction of sp³-hybridized carbons (Fsp3) is 0.500. The molecule has 0 bridgehead atoms. The highest BCUT2D eigenvalue weighted by atomic mass is 19.3. The van der Waals surface area contributed by atoms with E-state index in [1.54, 1.807) is 11.1 Å².